The van der Waals surface area contributed by atoms with Gasteiger partial charge < -0.3 is 4.98 Å². The Labute approximate surface area is 73.8 Å². The summed E-state index contributed by atoms with van der Waals surface area (Å²) in [6.07, 6.45) is 6.54. The van der Waals surface area contributed by atoms with Crippen molar-refractivity contribution in [3.63, 3.8) is 0 Å². The molecule has 0 atom stereocenters. The van der Waals surface area contributed by atoms with Crippen molar-refractivity contribution in [2.75, 3.05) is 0 Å². The van der Waals surface area contributed by atoms with E-state index >= 15 is 0 Å². The van der Waals surface area contributed by atoms with Crippen LogP contribution in [0.2, 0.25) is 0 Å². The molecule has 1 aromatic rings. The zero-order valence-corrected chi connectivity index (χ0v) is 8.15. The molecule has 66 valence electrons. The highest BCUT2D eigenvalue weighted by atomic mass is 14.6. The molecule has 1 heteroatoms. The number of hydrogen-bond acceptors (Lipinski definition) is 0. The van der Waals surface area contributed by atoms with Crippen LogP contribution in [0.1, 0.15) is 33.6 Å². The molecule has 0 aliphatic rings. The van der Waals surface area contributed by atoms with Crippen molar-refractivity contribution in [3.8, 4) is 0 Å². The topological polar surface area (TPSA) is 15.8 Å². The third-order valence-electron chi connectivity index (χ3n) is 2.15. The summed E-state index contributed by atoms with van der Waals surface area (Å²) in [5.41, 5.74) is 1.48. The van der Waals surface area contributed by atoms with E-state index in [0.717, 1.165) is 0 Å². The van der Waals surface area contributed by atoms with Gasteiger partial charge in [0.25, 0.3) is 0 Å². The minimum atomic E-state index is 1.19. The van der Waals surface area contributed by atoms with Crippen LogP contribution in [0.25, 0.3) is 11.6 Å². The Bertz CT molecular complexity index is 343. The smallest absolute Gasteiger partial charge is 0.0410 e. The second-order valence-corrected chi connectivity index (χ2v) is 3.12. The van der Waals surface area contributed by atoms with Gasteiger partial charge in [-0.05, 0) is 31.6 Å². The third kappa shape index (κ3) is 1.79. The SMILES string of the molecule is C/C=c1/[nH]cc/c1=C(\C)CCC. The van der Waals surface area contributed by atoms with Gasteiger partial charge in [0.05, 0.1) is 0 Å². The van der Waals surface area contributed by atoms with E-state index in [1.54, 1.807) is 0 Å². The molecule has 0 spiro atoms. The number of rotatable bonds is 2. The van der Waals surface area contributed by atoms with E-state index in [-0.39, 0.29) is 0 Å². The van der Waals surface area contributed by atoms with Gasteiger partial charge in [-0.1, -0.05) is 25.0 Å². The maximum absolute atomic E-state index is 3.22. The van der Waals surface area contributed by atoms with Crippen molar-refractivity contribution in [3.05, 3.63) is 22.8 Å². The lowest BCUT2D eigenvalue weighted by molar-refractivity contribution is 0.961. The molecule has 0 unspecified atom stereocenters. The fourth-order valence-corrected chi connectivity index (χ4v) is 1.50. The average molecular weight is 163 g/mol. The van der Waals surface area contributed by atoms with Gasteiger partial charge in [-0.15, -0.1) is 0 Å². The van der Waals surface area contributed by atoms with Crippen molar-refractivity contribution in [1.82, 2.24) is 4.98 Å². The van der Waals surface area contributed by atoms with E-state index in [9.17, 15) is 0 Å². The fraction of sp³-hybridized carbons (Fsp3) is 0.455. The maximum atomic E-state index is 3.22. The molecule has 0 saturated carbocycles. The number of nitrogens with one attached hydrogen (secondary N) is 1. The highest BCUT2D eigenvalue weighted by Crippen LogP contribution is 1.99. The predicted molar refractivity (Wildman–Crippen MR) is 54.2 cm³/mol. The summed E-state index contributed by atoms with van der Waals surface area (Å²) >= 11 is 0. The van der Waals surface area contributed by atoms with Crippen LogP contribution in [0.5, 0.6) is 0 Å². The van der Waals surface area contributed by atoms with Gasteiger partial charge in [-0.25, -0.2) is 0 Å². The maximum Gasteiger partial charge on any atom is 0.0410 e. The Hall–Kier alpha value is -0.980. The van der Waals surface area contributed by atoms with Gasteiger partial charge in [0, 0.05) is 11.5 Å². The average Bonchev–Trinajstić information content (AvgIpc) is 2.51. The van der Waals surface area contributed by atoms with Gasteiger partial charge in [-0.2, -0.15) is 0 Å². The molecule has 12 heavy (non-hydrogen) atoms. The van der Waals surface area contributed by atoms with Crippen LogP contribution < -0.4 is 10.6 Å². The molecule has 0 saturated heterocycles. The van der Waals surface area contributed by atoms with Crippen LogP contribution in [0.4, 0.5) is 0 Å². The highest BCUT2D eigenvalue weighted by Gasteiger charge is 1.91. The summed E-state index contributed by atoms with van der Waals surface area (Å²) in [6, 6.07) is 2.15. The second-order valence-electron chi connectivity index (χ2n) is 3.12. The van der Waals surface area contributed by atoms with E-state index in [0.29, 0.717) is 0 Å². The lowest BCUT2D eigenvalue weighted by atomic mass is 10.1. The molecule has 0 aliphatic carbocycles. The number of H-pyrrole nitrogens is 1. The van der Waals surface area contributed by atoms with Gasteiger partial charge in [0.1, 0.15) is 0 Å². The molecule has 0 aromatic carbocycles. The van der Waals surface area contributed by atoms with Crippen molar-refractivity contribution in [1.29, 1.82) is 0 Å². The Kier molecular flexibility index (Phi) is 3.15. The molecule has 1 N–H and O–H groups in total. The monoisotopic (exact) mass is 163 g/mol. The standard InChI is InChI=1S/C11H17N/c1-4-6-9(3)10-7-8-12-11(10)5-2/h5,7-8,12H,4,6H2,1-3H3/b10-9-,11-5+. The van der Waals surface area contributed by atoms with Gasteiger partial charge >= 0.3 is 0 Å². The molecule has 1 aromatic heterocycles. The molecule has 1 nitrogen and oxygen atoms in total. The lowest BCUT2D eigenvalue weighted by Gasteiger charge is -1.94. The van der Waals surface area contributed by atoms with Crippen LogP contribution in [0.3, 0.4) is 0 Å². The zero-order valence-electron chi connectivity index (χ0n) is 8.15. The summed E-state index contributed by atoms with van der Waals surface area (Å²) in [5.74, 6) is 0. The zero-order chi connectivity index (χ0) is 8.97. The largest absolute Gasteiger partial charge is 0.361 e. The lowest BCUT2D eigenvalue weighted by Crippen LogP contribution is -2.23. The Morgan fingerprint density at radius 3 is 2.92 bits per heavy atom. The van der Waals surface area contributed by atoms with Crippen LogP contribution in [0, 0.1) is 0 Å². The predicted octanol–water partition coefficient (Wildman–Crippen LogP) is 1.79. The fourth-order valence-electron chi connectivity index (χ4n) is 1.50. The number of hydrogen-bond donors (Lipinski definition) is 1. The Balaban J connectivity index is 3.24. The summed E-state index contributed by atoms with van der Waals surface area (Å²) in [4.78, 5) is 3.22. The molecule has 0 fully saturated rings. The number of aromatic nitrogens is 1. The summed E-state index contributed by atoms with van der Waals surface area (Å²) < 4.78 is 0. The molecule has 1 rings (SSSR count). The molecular weight excluding hydrogens is 146 g/mol. The second kappa shape index (κ2) is 4.15. The molecule has 1 heterocycles. The summed E-state index contributed by atoms with van der Waals surface area (Å²) in [5, 5.41) is 2.63. The van der Waals surface area contributed by atoms with Gasteiger partial charge in [0.2, 0.25) is 0 Å². The first kappa shape index (κ1) is 9.11. The molecule has 0 amide bonds. The van der Waals surface area contributed by atoms with Crippen LogP contribution >= 0.6 is 0 Å². The summed E-state index contributed by atoms with van der Waals surface area (Å²) in [6.45, 7) is 6.49. The van der Waals surface area contributed by atoms with E-state index in [1.807, 2.05) is 6.20 Å². The highest BCUT2D eigenvalue weighted by molar-refractivity contribution is 5.42. The molecule has 0 aliphatic heterocycles. The van der Waals surface area contributed by atoms with Crippen molar-refractivity contribution < 1.29 is 0 Å². The van der Waals surface area contributed by atoms with E-state index < -0.39 is 0 Å². The van der Waals surface area contributed by atoms with Crippen LogP contribution in [0.15, 0.2) is 12.3 Å². The Morgan fingerprint density at radius 1 is 1.58 bits per heavy atom. The molecular formula is C11H17N. The van der Waals surface area contributed by atoms with E-state index in [1.165, 1.54) is 29.0 Å². The first-order chi connectivity index (χ1) is 5.79. The van der Waals surface area contributed by atoms with Crippen LogP contribution in [-0.2, 0) is 0 Å². The minimum Gasteiger partial charge on any atom is -0.361 e. The van der Waals surface area contributed by atoms with Crippen molar-refractivity contribution in [2.24, 2.45) is 0 Å². The van der Waals surface area contributed by atoms with E-state index in [4.69, 9.17) is 0 Å². The molecule has 0 radical (unpaired) electrons. The van der Waals surface area contributed by atoms with Crippen molar-refractivity contribution >= 4 is 11.6 Å². The first-order valence-electron chi connectivity index (χ1n) is 4.59. The minimum absolute atomic E-state index is 1.19. The molecule has 0 bridgehead atoms. The van der Waals surface area contributed by atoms with Crippen LogP contribution in [-0.4, -0.2) is 4.98 Å². The quantitative estimate of drug-likeness (QED) is 0.684. The summed E-state index contributed by atoms with van der Waals surface area (Å²) in [7, 11) is 0. The first-order valence-corrected chi connectivity index (χ1v) is 4.59. The van der Waals surface area contributed by atoms with Crippen molar-refractivity contribution in [2.45, 2.75) is 33.6 Å². The Morgan fingerprint density at radius 2 is 2.33 bits per heavy atom. The normalized spacial score (nSPS) is 15.1. The van der Waals surface area contributed by atoms with Gasteiger partial charge in [-0.3, -0.25) is 0 Å². The van der Waals surface area contributed by atoms with E-state index in [2.05, 4.69) is 37.9 Å². The number of aromatic amines is 1. The van der Waals surface area contributed by atoms with Gasteiger partial charge in [0.15, 0.2) is 0 Å². The third-order valence-corrected chi connectivity index (χ3v) is 2.15.